The van der Waals surface area contributed by atoms with Crippen LogP contribution in [0.25, 0.3) is 0 Å². The van der Waals surface area contributed by atoms with E-state index in [9.17, 15) is 0 Å². The molecule has 0 radical (unpaired) electrons. The van der Waals surface area contributed by atoms with Crippen LogP contribution in [0.2, 0.25) is 0 Å². The largest absolute Gasteiger partial charge is 0.291 e. The molecule has 1 aromatic heterocycles. The van der Waals surface area contributed by atoms with Crippen LogP contribution < -0.4 is 10.3 Å². The Morgan fingerprint density at radius 3 is 2.45 bits per heavy atom. The van der Waals surface area contributed by atoms with Crippen molar-refractivity contribution in [3.8, 4) is 0 Å². The van der Waals surface area contributed by atoms with E-state index in [2.05, 4.69) is 25.8 Å². The maximum Gasteiger partial charge on any atom is 0.291 e. The lowest BCUT2D eigenvalue weighted by Gasteiger charge is -2.17. The van der Waals surface area contributed by atoms with Crippen molar-refractivity contribution in [1.29, 1.82) is 0 Å². The fourth-order valence-electron chi connectivity index (χ4n) is 0.984. The van der Waals surface area contributed by atoms with E-state index < -0.39 is 0 Å². The predicted molar refractivity (Wildman–Crippen MR) is 43.8 cm³/mol. The molecular weight excluding hydrogens is 138 g/mol. The smallest absolute Gasteiger partial charge is 0.286 e. The SMILES string of the molecule is CC(C)(C)[n+]1ccncc1N. The molecule has 2 N–H and O–H groups in total. The van der Waals surface area contributed by atoms with Gasteiger partial charge in [-0.15, -0.1) is 0 Å². The van der Waals surface area contributed by atoms with E-state index in [0.29, 0.717) is 5.82 Å². The zero-order valence-electron chi connectivity index (χ0n) is 7.20. The molecule has 0 saturated carbocycles. The van der Waals surface area contributed by atoms with E-state index in [-0.39, 0.29) is 5.54 Å². The standard InChI is InChI=1S/C8H13N3/c1-8(2,3)11-5-4-10-6-7(11)9/h4-6,9H,1-3H3/p+1. The van der Waals surface area contributed by atoms with Crippen LogP contribution in [0.5, 0.6) is 0 Å². The third-order valence-electron chi connectivity index (χ3n) is 1.51. The molecule has 1 aromatic rings. The van der Waals surface area contributed by atoms with Crippen LogP contribution in [0, 0.1) is 0 Å². The normalized spacial score (nSPS) is 11.5. The molecule has 1 rings (SSSR count). The minimum Gasteiger partial charge on any atom is -0.286 e. The highest BCUT2D eigenvalue weighted by Gasteiger charge is 2.19. The van der Waals surface area contributed by atoms with Crippen LogP contribution in [0.15, 0.2) is 18.6 Å². The summed E-state index contributed by atoms with van der Waals surface area (Å²) in [6, 6.07) is 0. The molecular formula is C8H14N3+. The van der Waals surface area contributed by atoms with Gasteiger partial charge >= 0.3 is 0 Å². The number of anilines is 1. The first-order chi connectivity index (χ1) is 5.02. The number of hydrogen-bond acceptors (Lipinski definition) is 2. The zero-order chi connectivity index (χ0) is 8.48. The zero-order valence-corrected chi connectivity index (χ0v) is 7.20. The maximum absolute atomic E-state index is 5.71. The second-order valence-electron chi connectivity index (χ2n) is 3.54. The summed E-state index contributed by atoms with van der Waals surface area (Å²) in [5.41, 5.74) is 5.74. The Morgan fingerprint density at radius 1 is 1.45 bits per heavy atom. The number of nitrogens with two attached hydrogens (primary N) is 1. The fourth-order valence-corrected chi connectivity index (χ4v) is 0.984. The lowest BCUT2D eigenvalue weighted by molar-refractivity contribution is -0.741. The van der Waals surface area contributed by atoms with Crippen LogP contribution in [-0.4, -0.2) is 4.98 Å². The average molecular weight is 152 g/mol. The third-order valence-corrected chi connectivity index (χ3v) is 1.51. The summed E-state index contributed by atoms with van der Waals surface area (Å²) in [6.07, 6.45) is 5.28. The van der Waals surface area contributed by atoms with Gasteiger partial charge in [-0.2, -0.15) is 0 Å². The topological polar surface area (TPSA) is 42.8 Å². The summed E-state index contributed by atoms with van der Waals surface area (Å²) in [7, 11) is 0. The van der Waals surface area contributed by atoms with Gasteiger partial charge < -0.3 is 0 Å². The summed E-state index contributed by atoms with van der Waals surface area (Å²) < 4.78 is 1.99. The van der Waals surface area contributed by atoms with Gasteiger partial charge in [-0.1, -0.05) is 0 Å². The van der Waals surface area contributed by atoms with Gasteiger partial charge in [0.25, 0.3) is 5.82 Å². The second-order valence-corrected chi connectivity index (χ2v) is 3.54. The highest BCUT2D eigenvalue weighted by Crippen LogP contribution is 2.05. The summed E-state index contributed by atoms with van der Waals surface area (Å²) >= 11 is 0. The molecule has 3 heteroatoms. The number of hydrogen-bond donors (Lipinski definition) is 1. The molecule has 0 saturated heterocycles. The molecule has 0 atom stereocenters. The van der Waals surface area contributed by atoms with Crippen molar-refractivity contribution in [3.05, 3.63) is 18.6 Å². The number of rotatable bonds is 0. The Hall–Kier alpha value is -1.12. The van der Waals surface area contributed by atoms with Gasteiger partial charge in [0.1, 0.15) is 17.9 Å². The van der Waals surface area contributed by atoms with E-state index in [1.54, 1.807) is 12.4 Å². The molecule has 0 spiro atoms. The average Bonchev–Trinajstić information content (AvgIpc) is 1.86. The molecule has 3 nitrogen and oxygen atoms in total. The van der Waals surface area contributed by atoms with Crippen LogP contribution in [0.4, 0.5) is 5.82 Å². The maximum atomic E-state index is 5.71. The Bertz CT molecular complexity index is 250. The Morgan fingerprint density at radius 2 is 2.09 bits per heavy atom. The first-order valence-electron chi connectivity index (χ1n) is 3.63. The Labute approximate surface area is 66.9 Å². The van der Waals surface area contributed by atoms with Gasteiger partial charge in [-0.3, -0.25) is 10.7 Å². The molecule has 0 aromatic carbocycles. The van der Waals surface area contributed by atoms with Gasteiger partial charge in [-0.05, 0) is 20.8 Å². The van der Waals surface area contributed by atoms with Crippen LogP contribution in [-0.2, 0) is 5.54 Å². The van der Waals surface area contributed by atoms with Gasteiger partial charge in [0.15, 0.2) is 0 Å². The van der Waals surface area contributed by atoms with Gasteiger partial charge in [-0.25, -0.2) is 4.57 Å². The highest BCUT2D eigenvalue weighted by molar-refractivity contribution is 5.13. The third kappa shape index (κ3) is 1.67. The molecule has 0 aliphatic carbocycles. The molecule has 0 amide bonds. The predicted octanol–water partition coefficient (Wildman–Crippen LogP) is 0.706. The summed E-state index contributed by atoms with van der Waals surface area (Å²) in [4.78, 5) is 3.91. The number of aromatic nitrogens is 2. The van der Waals surface area contributed by atoms with Crippen LogP contribution in [0.1, 0.15) is 20.8 Å². The fraction of sp³-hybridized carbons (Fsp3) is 0.500. The quantitative estimate of drug-likeness (QED) is 0.556. The summed E-state index contributed by atoms with van der Waals surface area (Å²) in [5.74, 6) is 0.694. The van der Waals surface area contributed by atoms with E-state index in [4.69, 9.17) is 5.73 Å². The van der Waals surface area contributed by atoms with E-state index in [0.717, 1.165) is 0 Å². The minimum absolute atomic E-state index is 0.0347. The minimum atomic E-state index is 0.0347. The lowest BCUT2D eigenvalue weighted by atomic mass is 10.1. The summed E-state index contributed by atoms with van der Waals surface area (Å²) in [6.45, 7) is 6.30. The molecule has 0 unspecified atom stereocenters. The van der Waals surface area contributed by atoms with Gasteiger partial charge in [0.2, 0.25) is 0 Å². The molecule has 0 fully saturated rings. The van der Waals surface area contributed by atoms with E-state index in [1.165, 1.54) is 0 Å². The molecule has 1 heterocycles. The summed E-state index contributed by atoms with van der Waals surface area (Å²) in [5, 5.41) is 0. The van der Waals surface area contributed by atoms with E-state index >= 15 is 0 Å². The second kappa shape index (κ2) is 2.49. The molecule has 0 bridgehead atoms. The molecule has 60 valence electrons. The Kier molecular flexibility index (Phi) is 1.81. The van der Waals surface area contributed by atoms with Crippen LogP contribution in [0.3, 0.4) is 0 Å². The van der Waals surface area contributed by atoms with Crippen molar-refractivity contribution >= 4 is 5.82 Å². The van der Waals surface area contributed by atoms with Crippen molar-refractivity contribution in [2.24, 2.45) is 0 Å². The molecule has 0 aliphatic heterocycles. The van der Waals surface area contributed by atoms with Crippen molar-refractivity contribution in [1.82, 2.24) is 4.98 Å². The van der Waals surface area contributed by atoms with Crippen molar-refractivity contribution in [2.75, 3.05) is 5.73 Å². The molecule has 0 aliphatic rings. The van der Waals surface area contributed by atoms with Gasteiger partial charge in [0, 0.05) is 0 Å². The highest BCUT2D eigenvalue weighted by atomic mass is 15.1. The van der Waals surface area contributed by atoms with Crippen molar-refractivity contribution < 1.29 is 4.57 Å². The van der Waals surface area contributed by atoms with Gasteiger partial charge in [0.05, 0.1) is 6.20 Å². The monoisotopic (exact) mass is 152 g/mol. The number of nitrogen functional groups attached to an aromatic ring is 1. The lowest BCUT2D eigenvalue weighted by Crippen LogP contribution is -2.51. The van der Waals surface area contributed by atoms with Crippen LogP contribution >= 0.6 is 0 Å². The molecule has 11 heavy (non-hydrogen) atoms. The Balaban J connectivity index is 3.14. The first kappa shape index (κ1) is 7.98. The van der Waals surface area contributed by atoms with Crippen molar-refractivity contribution in [3.63, 3.8) is 0 Å². The van der Waals surface area contributed by atoms with E-state index in [1.807, 2.05) is 10.8 Å². The van der Waals surface area contributed by atoms with Crippen molar-refractivity contribution in [2.45, 2.75) is 26.3 Å². The first-order valence-corrected chi connectivity index (χ1v) is 3.63. The number of nitrogens with zero attached hydrogens (tertiary/aromatic N) is 2.